The van der Waals surface area contributed by atoms with Gasteiger partial charge >= 0.3 is 0 Å². The monoisotopic (exact) mass is 239 g/mol. The summed E-state index contributed by atoms with van der Waals surface area (Å²) in [5.74, 6) is 0. The second-order valence-electron chi connectivity index (χ2n) is 4.71. The molecule has 0 radical (unpaired) electrons. The summed E-state index contributed by atoms with van der Waals surface area (Å²) in [6.45, 7) is 6.34. The molecule has 1 aromatic rings. The van der Waals surface area contributed by atoms with Gasteiger partial charge in [0, 0.05) is 12.6 Å². The predicted molar refractivity (Wildman–Crippen MR) is 69.1 cm³/mol. The molecule has 1 aliphatic rings. The van der Waals surface area contributed by atoms with Crippen molar-refractivity contribution in [3.63, 3.8) is 0 Å². The average molecular weight is 239 g/mol. The van der Waals surface area contributed by atoms with Crippen LogP contribution in [-0.2, 0) is 11.2 Å². The van der Waals surface area contributed by atoms with Gasteiger partial charge in [-0.1, -0.05) is 6.92 Å². The highest BCUT2D eigenvalue weighted by molar-refractivity contribution is 7.07. The molecule has 1 fully saturated rings. The van der Waals surface area contributed by atoms with E-state index in [9.17, 15) is 0 Å². The molecule has 16 heavy (non-hydrogen) atoms. The number of thiophene rings is 1. The summed E-state index contributed by atoms with van der Waals surface area (Å²) in [5, 5.41) is 7.97. The third-order valence-corrected chi connectivity index (χ3v) is 4.19. The zero-order valence-electron chi connectivity index (χ0n) is 10.2. The van der Waals surface area contributed by atoms with E-state index in [1.807, 2.05) is 0 Å². The van der Waals surface area contributed by atoms with Crippen LogP contribution in [0.2, 0.25) is 0 Å². The van der Waals surface area contributed by atoms with Crippen molar-refractivity contribution >= 4 is 11.3 Å². The molecule has 0 aliphatic carbocycles. The van der Waals surface area contributed by atoms with Crippen LogP contribution >= 0.6 is 11.3 Å². The lowest BCUT2D eigenvalue weighted by molar-refractivity contribution is -0.0110. The average Bonchev–Trinajstić information content (AvgIpc) is 2.89. The Bertz CT molecular complexity index is 304. The van der Waals surface area contributed by atoms with Gasteiger partial charge in [-0.3, -0.25) is 0 Å². The summed E-state index contributed by atoms with van der Waals surface area (Å²) in [6, 6.07) is 2.66. The number of likely N-dealkylation sites (N-methyl/N-ethyl adjacent to an activating group) is 1. The molecule has 2 heterocycles. The van der Waals surface area contributed by atoms with Crippen LogP contribution in [-0.4, -0.2) is 24.8 Å². The fourth-order valence-corrected chi connectivity index (χ4v) is 3.15. The number of nitrogens with one attached hydrogen (secondary N) is 1. The summed E-state index contributed by atoms with van der Waals surface area (Å²) < 4.78 is 5.94. The van der Waals surface area contributed by atoms with Crippen molar-refractivity contribution in [3.05, 3.63) is 22.4 Å². The molecule has 1 aliphatic heterocycles. The van der Waals surface area contributed by atoms with Gasteiger partial charge in [-0.15, -0.1) is 0 Å². The van der Waals surface area contributed by atoms with Crippen molar-refractivity contribution < 1.29 is 4.74 Å². The number of ether oxygens (including phenoxy) is 1. The molecule has 0 amide bonds. The Morgan fingerprint density at radius 2 is 2.50 bits per heavy atom. The topological polar surface area (TPSA) is 21.3 Å². The van der Waals surface area contributed by atoms with Crippen molar-refractivity contribution in [3.8, 4) is 0 Å². The van der Waals surface area contributed by atoms with Crippen molar-refractivity contribution in [2.45, 2.75) is 44.8 Å². The Balaban J connectivity index is 2.04. The molecule has 0 spiro atoms. The third kappa shape index (κ3) is 2.65. The fourth-order valence-electron chi connectivity index (χ4n) is 2.47. The largest absolute Gasteiger partial charge is 0.374 e. The van der Waals surface area contributed by atoms with Gasteiger partial charge in [0.1, 0.15) is 0 Å². The Morgan fingerprint density at radius 1 is 1.62 bits per heavy atom. The normalized spacial score (nSPS) is 27.1. The van der Waals surface area contributed by atoms with Crippen molar-refractivity contribution in [2.24, 2.45) is 0 Å². The first-order valence-electron chi connectivity index (χ1n) is 6.13. The maximum atomic E-state index is 5.94. The highest BCUT2D eigenvalue weighted by atomic mass is 32.1. The molecular weight excluding hydrogens is 218 g/mol. The van der Waals surface area contributed by atoms with E-state index in [4.69, 9.17) is 4.74 Å². The second kappa shape index (κ2) is 5.30. The molecule has 1 N–H and O–H groups in total. The van der Waals surface area contributed by atoms with Gasteiger partial charge in [0.25, 0.3) is 0 Å². The van der Waals surface area contributed by atoms with E-state index in [2.05, 4.69) is 36.0 Å². The molecule has 0 bridgehead atoms. The van der Waals surface area contributed by atoms with E-state index in [0.29, 0.717) is 6.04 Å². The van der Waals surface area contributed by atoms with Gasteiger partial charge in [-0.2, -0.15) is 11.3 Å². The number of hydrogen-bond donors (Lipinski definition) is 1. The smallest absolute Gasteiger partial charge is 0.0810 e. The Hall–Kier alpha value is -0.380. The Labute approximate surface area is 102 Å². The second-order valence-corrected chi connectivity index (χ2v) is 5.49. The lowest BCUT2D eigenvalue weighted by Gasteiger charge is -2.34. The first-order chi connectivity index (χ1) is 7.74. The van der Waals surface area contributed by atoms with Crippen molar-refractivity contribution in [2.75, 3.05) is 13.2 Å². The maximum absolute atomic E-state index is 5.94. The van der Waals surface area contributed by atoms with Gasteiger partial charge in [-0.25, -0.2) is 0 Å². The zero-order chi connectivity index (χ0) is 11.4. The van der Waals surface area contributed by atoms with Gasteiger partial charge < -0.3 is 10.1 Å². The van der Waals surface area contributed by atoms with E-state index in [1.54, 1.807) is 11.3 Å². The summed E-state index contributed by atoms with van der Waals surface area (Å²) in [7, 11) is 0. The van der Waals surface area contributed by atoms with E-state index >= 15 is 0 Å². The summed E-state index contributed by atoms with van der Waals surface area (Å²) >= 11 is 1.77. The molecule has 0 saturated carbocycles. The molecule has 2 unspecified atom stereocenters. The minimum atomic E-state index is 0.0257. The van der Waals surface area contributed by atoms with Crippen LogP contribution < -0.4 is 5.32 Å². The van der Waals surface area contributed by atoms with Crippen molar-refractivity contribution in [1.29, 1.82) is 0 Å². The standard InChI is InChI=1S/C13H21NOS/c1-3-14-12(9-11-5-8-16-10-11)13(2)6-4-7-15-13/h5,8,10,12,14H,3-4,6-7,9H2,1-2H3. The Morgan fingerprint density at radius 3 is 3.06 bits per heavy atom. The van der Waals surface area contributed by atoms with Crippen LogP contribution in [0.5, 0.6) is 0 Å². The molecular formula is C13H21NOS. The molecule has 90 valence electrons. The molecule has 1 aromatic heterocycles. The minimum Gasteiger partial charge on any atom is -0.374 e. The summed E-state index contributed by atoms with van der Waals surface area (Å²) in [5.41, 5.74) is 1.45. The highest BCUT2D eigenvalue weighted by Gasteiger charge is 2.37. The summed E-state index contributed by atoms with van der Waals surface area (Å²) in [6.07, 6.45) is 3.45. The highest BCUT2D eigenvalue weighted by Crippen LogP contribution is 2.30. The lowest BCUT2D eigenvalue weighted by Crippen LogP contribution is -2.49. The van der Waals surface area contributed by atoms with Crippen LogP contribution in [0.4, 0.5) is 0 Å². The van der Waals surface area contributed by atoms with E-state index in [-0.39, 0.29) is 5.60 Å². The third-order valence-electron chi connectivity index (χ3n) is 3.46. The van der Waals surface area contributed by atoms with Gasteiger partial charge in [0.05, 0.1) is 5.60 Å². The molecule has 3 heteroatoms. The van der Waals surface area contributed by atoms with E-state index in [1.165, 1.54) is 18.4 Å². The van der Waals surface area contributed by atoms with Crippen LogP contribution in [0.3, 0.4) is 0 Å². The maximum Gasteiger partial charge on any atom is 0.0810 e. The zero-order valence-corrected chi connectivity index (χ0v) is 11.0. The van der Waals surface area contributed by atoms with Crippen LogP contribution in [0.15, 0.2) is 16.8 Å². The van der Waals surface area contributed by atoms with Crippen LogP contribution in [0, 0.1) is 0 Å². The van der Waals surface area contributed by atoms with Gasteiger partial charge in [0.15, 0.2) is 0 Å². The van der Waals surface area contributed by atoms with E-state index in [0.717, 1.165) is 19.6 Å². The number of rotatable bonds is 5. The van der Waals surface area contributed by atoms with Crippen LogP contribution in [0.1, 0.15) is 32.3 Å². The first kappa shape index (κ1) is 12.1. The molecule has 2 rings (SSSR count). The van der Waals surface area contributed by atoms with Crippen molar-refractivity contribution in [1.82, 2.24) is 5.32 Å². The first-order valence-corrected chi connectivity index (χ1v) is 7.07. The lowest BCUT2D eigenvalue weighted by atomic mass is 9.89. The SMILES string of the molecule is CCNC(Cc1ccsc1)C1(C)CCCO1. The molecule has 1 saturated heterocycles. The van der Waals surface area contributed by atoms with Crippen LogP contribution in [0.25, 0.3) is 0 Å². The van der Waals surface area contributed by atoms with Gasteiger partial charge in [0.2, 0.25) is 0 Å². The summed E-state index contributed by atoms with van der Waals surface area (Å²) in [4.78, 5) is 0. The Kier molecular flexibility index (Phi) is 4.00. The number of hydrogen-bond acceptors (Lipinski definition) is 3. The van der Waals surface area contributed by atoms with Gasteiger partial charge in [-0.05, 0) is 55.1 Å². The quantitative estimate of drug-likeness (QED) is 0.853. The fraction of sp³-hybridized carbons (Fsp3) is 0.692. The molecule has 2 atom stereocenters. The predicted octanol–water partition coefficient (Wildman–Crippen LogP) is 2.84. The van der Waals surface area contributed by atoms with E-state index < -0.39 is 0 Å². The molecule has 2 nitrogen and oxygen atoms in total. The minimum absolute atomic E-state index is 0.0257. The molecule has 0 aromatic carbocycles.